The Morgan fingerprint density at radius 1 is 1.28 bits per heavy atom. The predicted octanol–water partition coefficient (Wildman–Crippen LogP) is 3.84. The fourth-order valence-electron chi connectivity index (χ4n) is 3.12. The lowest BCUT2D eigenvalue weighted by Gasteiger charge is -2.26. The van der Waals surface area contributed by atoms with Crippen molar-refractivity contribution >= 4 is 17.5 Å². The van der Waals surface area contributed by atoms with Crippen molar-refractivity contribution < 1.29 is 14.0 Å². The van der Waals surface area contributed by atoms with Gasteiger partial charge in [0.05, 0.1) is 0 Å². The maximum atomic E-state index is 12.3. The summed E-state index contributed by atoms with van der Waals surface area (Å²) in [6, 6.07) is 9.60. The summed E-state index contributed by atoms with van der Waals surface area (Å²) in [5.41, 5.74) is 2.73. The average molecular weight is 340 g/mol. The standard InChI is InChI=1S/C20H24N2O3/c1-13(2)9-20(24)22-8-7-18-16(12-22)11-19(25-18)15-5-4-6-17(10-15)21-14(3)23/h4-6,10-11,13H,7-9,12H2,1-3H3,(H,21,23). The van der Waals surface area contributed by atoms with Crippen molar-refractivity contribution in [3.05, 3.63) is 41.7 Å². The number of carbonyl (C=O) groups is 2. The Morgan fingerprint density at radius 3 is 2.80 bits per heavy atom. The minimum absolute atomic E-state index is 0.102. The smallest absolute Gasteiger partial charge is 0.223 e. The highest BCUT2D eigenvalue weighted by Crippen LogP contribution is 2.31. The van der Waals surface area contributed by atoms with Crippen LogP contribution >= 0.6 is 0 Å². The van der Waals surface area contributed by atoms with E-state index in [1.807, 2.05) is 35.2 Å². The molecule has 2 aromatic rings. The van der Waals surface area contributed by atoms with Crippen LogP contribution in [0.15, 0.2) is 34.7 Å². The predicted molar refractivity (Wildman–Crippen MR) is 97.0 cm³/mol. The number of fused-ring (bicyclic) bond motifs is 1. The summed E-state index contributed by atoms with van der Waals surface area (Å²) in [4.78, 5) is 25.4. The van der Waals surface area contributed by atoms with E-state index in [-0.39, 0.29) is 11.8 Å². The highest BCUT2D eigenvalue weighted by Gasteiger charge is 2.24. The van der Waals surface area contributed by atoms with E-state index < -0.39 is 0 Å². The summed E-state index contributed by atoms with van der Waals surface area (Å²) >= 11 is 0. The topological polar surface area (TPSA) is 62.6 Å². The van der Waals surface area contributed by atoms with E-state index in [0.29, 0.717) is 25.4 Å². The lowest BCUT2D eigenvalue weighted by Crippen LogP contribution is -2.35. The van der Waals surface area contributed by atoms with Gasteiger partial charge in [0.2, 0.25) is 11.8 Å². The van der Waals surface area contributed by atoms with Gasteiger partial charge in [-0.15, -0.1) is 0 Å². The molecule has 132 valence electrons. The zero-order valence-electron chi connectivity index (χ0n) is 15.0. The summed E-state index contributed by atoms with van der Waals surface area (Å²) in [5.74, 6) is 2.19. The quantitative estimate of drug-likeness (QED) is 0.920. The Bertz CT molecular complexity index is 792. The van der Waals surface area contributed by atoms with E-state index in [2.05, 4.69) is 19.2 Å². The van der Waals surface area contributed by atoms with Crippen molar-refractivity contribution in [1.82, 2.24) is 4.90 Å². The first-order chi connectivity index (χ1) is 11.9. The monoisotopic (exact) mass is 340 g/mol. The van der Waals surface area contributed by atoms with Gasteiger partial charge < -0.3 is 14.6 Å². The van der Waals surface area contributed by atoms with E-state index in [1.165, 1.54) is 6.92 Å². The summed E-state index contributed by atoms with van der Waals surface area (Å²) in [5, 5.41) is 2.78. The van der Waals surface area contributed by atoms with E-state index in [4.69, 9.17) is 4.42 Å². The van der Waals surface area contributed by atoms with Crippen molar-refractivity contribution in [3.63, 3.8) is 0 Å². The molecule has 0 spiro atoms. The molecule has 1 aliphatic rings. The number of benzene rings is 1. The Morgan fingerprint density at radius 2 is 2.08 bits per heavy atom. The third kappa shape index (κ3) is 4.10. The van der Waals surface area contributed by atoms with Crippen LogP contribution in [0.3, 0.4) is 0 Å². The maximum Gasteiger partial charge on any atom is 0.223 e. The zero-order valence-corrected chi connectivity index (χ0v) is 15.0. The molecule has 5 nitrogen and oxygen atoms in total. The lowest BCUT2D eigenvalue weighted by molar-refractivity contribution is -0.133. The first-order valence-electron chi connectivity index (χ1n) is 8.69. The van der Waals surface area contributed by atoms with Crippen molar-refractivity contribution in [2.24, 2.45) is 5.92 Å². The molecule has 0 bridgehead atoms. The van der Waals surface area contributed by atoms with Crippen LogP contribution in [0.1, 0.15) is 38.5 Å². The van der Waals surface area contributed by atoms with Crippen LogP contribution in [0.4, 0.5) is 5.69 Å². The van der Waals surface area contributed by atoms with E-state index in [1.54, 1.807) is 0 Å². The zero-order chi connectivity index (χ0) is 18.0. The van der Waals surface area contributed by atoms with Crippen LogP contribution in [-0.2, 0) is 22.6 Å². The third-order valence-corrected chi connectivity index (χ3v) is 4.27. The molecule has 5 heteroatoms. The van der Waals surface area contributed by atoms with Gasteiger partial charge in [-0.2, -0.15) is 0 Å². The summed E-state index contributed by atoms with van der Waals surface area (Å²) < 4.78 is 6.01. The molecular formula is C20H24N2O3. The molecule has 0 fully saturated rings. The van der Waals surface area contributed by atoms with Gasteiger partial charge in [-0.25, -0.2) is 0 Å². The third-order valence-electron chi connectivity index (χ3n) is 4.27. The number of nitrogens with zero attached hydrogens (tertiary/aromatic N) is 1. The number of nitrogens with one attached hydrogen (secondary N) is 1. The van der Waals surface area contributed by atoms with Crippen LogP contribution in [0.25, 0.3) is 11.3 Å². The highest BCUT2D eigenvalue weighted by molar-refractivity contribution is 5.89. The minimum Gasteiger partial charge on any atom is -0.461 e. The van der Waals surface area contributed by atoms with Gasteiger partial charge in [0, 0.05) is 49.7 Å². The van der Waals surface area contributed by atoms with Gasteiger partial charge in [0.1, 0.15) is 11.5 Å². The Kier molecular flexibility index (Phi) is 4.93. The molecule has 1 aromatic carbocycles. The molecule has 2 amide bonds. The molecule has 3 rings (SSSR count). The second-order valence-corrected chi connectivity index (χ2v) is 6.98. The molecule has 2 heterocycles. The van der Waals surface area contributed by atoms with Crippen LogP contribution in [-0.4, -0.2) is 23.3 Å². The molecule has 0 saturated heterocycles. The van der Waals surface area contributed by atoms with E-state index in [9.17, 15) is 9.59 Å². The molecule has 0 unspecified atom stereocenters. The number of furan rings is 1. The number of amides is 2. The van der Waals surface area contributed by atoms with Gasteiger partial charge in [0.25, 0.3) is 0 Å². The number of carbonyl (C=O) groups excluding carboxylic acids is 2. The van der Waals surface area contributed by atoms with E-state index in [0.717, 1.165) is 34.8 Å². The Balaban J connectivity index is 1.79. The lowest BCUT2D eigenvalue weighted by atomic mass is 10.0. The molecule has 25 heavy (non-hydrogen) atoms. The first kappa shape index (κ1) is 17.3. The SMILES string of the molecule is CC(=O)Nc1cccc(-c2cc3c(o2)CCN(C(=O)CC(C)C)C3)c1. The van der Waals surface area contributed by atoms with Crippen molar-refractivity contribution in [1.29, 1.82) is 0 Å². The largest absolute Gasteiger partial charge is 0.461 e. The molecule has 0 aliphatic carbocycles. The molecular weight excluding hydrogens is 316 g/mol. The summed E-state index contributed by atoms with van der Waals surface area (Å²) in [7, 11) is 0. The number of anilines is 1. The summed E-state index contributed by atoms with van der Waals surface area (Å²) in [6.45, 7) is 6.92. The average Bonchev–Trinajstić information content (AvgIpc) is 2.97. The Hall–Kier alpha value is -2.56. The summed E-state index contributed by atoms with van der Waals surface area (Å²) in [6.07, 6.45) is 1.32. The molecule has 0 radical (unpaired) electrons. The fraction of sp³-hybridized carbons (Fsp3) is 0.400. The van der Waals surface area contributed by atoms with E-state index >= 15 is 0 Å². The normalized spacial score (nSPS) is 13.7. The number of hydrogen-bond donors (Lipinski definition) is 1. The Labute approximate surface area is 148 Å². The first-order valence-corrected chi connectivity index (χ1v) is 8.69. The van der Waals surface area contributed by atoms with Gasteiger partial charge in [-0.05, 0) is 24.1 Å². The maximum absolute atomic E-state index is 12.3. The number of hydrogen-bond acceptors (Lipinski definition) is 3. The van der Waals surface area contributed by atoms with Crippen molar-refractivity contribution in [2.75, 3.05) is 11.9 Å². The van der Waals surface area contributed by atoms with Crippen molar-refractivity contribution in [3.8, 4) is 11.3 Å². The fourth-order valence-corrected chi connectivity index (χ4v) is 3.12. The molecule has 1 aliphatic heterocycles. The molecule has 0 saturated carbocycles. The van der Waals surface area contributed by atoms with Crippen LogP contribution in [0.5, 0.6) is 0 Å². The van der Waals surface area contributed by atoms with Gasteiger partial charge in [-0.1, -0.05) is 26.0 Å². The van der Waals surface area contributed by atoms with Crippen molar-refractivity contribution in [2.45, 2.75) is 40.2 Å². The molecule has 0 atom stereocenters. The minimum atomic E-state index is -0.102. The van der Waals surface area contributed by atoms with Crippen LogP contribution in [0.2, 0.25) is 0 Å². The van der Waals surface area contributed by atoms with Gasteiger partial charge in [0.15, 0.2) is 0 Å². The molecule has 1 aromatic heterocycles. The number of rotatable bonds is 4. The second kappa shape index (κ2) is 7.13. The van der Waals surface area contributed by atoms with Crippen LogP contribution < -0.4 is 5.32 Å². The van der Waals surface area contributed by atoms with Gasteiger partial charge in [-0.3, -0.25) is 9.59 Å². The van der Waals surface area contributed by atoms with Crippen LogP contribution in [0, 0.1) is 5.92 Å². The molecule has 1 N–H and O–H groups in total. The van der Waals surface area contributed by atoms with Gasteiger partial charge >= 0.3 is 0 Å². The highest BCUT2D eigenvalue weighted by atomic mass is 16.3. The second-order valence-electron chi connectivity index (χ2n) is 6.98.